The van der Waals surface area contributed by atoms with E-state index < -0.39 is 11.9 Å². The van der Waals surface area contributed by atoms with Crippen molar-refractivity contribution < 1.29 is 18.7 Å². The normalized spacial score (nSPS) is 12.3. The second-order valence-electron chi connectivity index (χ2n) is 6.74. The molecule has 4 aromatic rings. The Kier molecular flexibility index (Phi) is 5.56. The van der Waals surface area contributed by atoms with Crippen molar-refractivity contribution in [2.24, 2.45) is 0 Å². The molecule has 0 amide bonds. The quantitative estimate of drug-likeness (QED) is 0.359. The van der Waals surface area contributed by atoms with Gasteiger partial charge in [0.1, 0.15) is 11.9 Å². The summed E-state index contributed by atoms with van der Waals surface area (Å²) in [6, 6.07) is 10.0. The number of nitrogens with two attached hydrogens (primary N) is 1. The molecule has 1 atom stereocenters. The van der Waals surface area contributed by atoms with Crippen LogP contribution in [0.15, 0.2) is 53.3 Å². The Bertz CT molecular complexity index is 1230. The molecule has 0 saturated heterocycles. The molecule has 2 aromatic heterocycles. The maximum Gasteiger partial charge on any atom is 0.205 e. The van der Waals surface area contributed by atoms with Crippen LogP contribution in [-0.2, 0) is 6.61 Å². The molecule has 2 aromatic carbocycles. The minimum atomic E-state index is -0.715. The maximum atomic E-state index is 13.9. The van der Waals surface area contributed by atoms with Crippen molar-refractivity contribution in [1.29, 1.82) is 0 Å². The Hall–Kier alpha value is -2.80. The fraction of sp³-hybridized carbons (Fsp3) is 0.136. The highest BCUT2D eigenvalue weighted by Crippen LogP contribution is 2.41. The zero-order valence-electron chi connectivity index (χ0n) is 15.8. The van der Waals surface area contributed by atoms with Gasteiger partial charge in [0, 0.05) is 22.3 Å². The third kappa shape index (κ3) is 3.58. The molecule has 2 heterocycles. The van der Waals surface area contributed by atoms with Gasteiger partial charge in [-0.25, -0.2) is 9.37 Å². The van der Waals surface area contributed by atoms with E-state index in [4.69, 9.17) is 38.1 Å². The monoisotopic (exact) mass is 446 g/mol. The van der Waals surface area contributed by atoms with E-state index in [1.54, 1.807) is 19.4 Å². The molecular formula is C22H17Cl2FN2O3. The molecule has 0 saturated carbocycles. The molecule has 0 spiro atoms. The SMILES string of the molecule is C[C@@H](Oc1c(N)ncc2c(-c3ccc(CO)cc3)coc12)c1c(Cl)ccc(F)c1Cl. The molecule has 0 radical (unpaired) electrons. The van der Waals surface area contributed by atoms with Crippen molar-refractivity contribution in [2.45, 2.75) is 19.6 Å². The molecule has 0 bridgehead atoms. The summed E-state index contributed by atoms with van der Waals surface area (Å²) in [5.74, 6) is -0.258. The number of hydrogen-bond acceptors (Lipinski definition) is 5. The van der Waals surface area contributed by atoms with E-state index >= 15 is 0 Å². The van der Waals surface area contributed by atoms with Gasteiger partial charge in [-0.15, -0.1) is 0 Å². The van der Waals surface area contributed by atoms with Gasteiger partial charge in [0.15, 0.2) is 11.4 Å². The van der Waals surface area contributed by atoms with Gasteiger partial charge < -0.3 is 20.0 Å². The highest BCUT2D eigenvalue weighted by atomic mass is 35.5. The molecule has 8 heteroatoms. The number of aromatic nitrogens is 1. The number of aliphatic hydroxyl groups is 1. The van der Waals surface area contributed by atoms with Crippen molar-refractivity contribution in [3.8, 4) is 16.9 Å². The van der Waals surface area contributed by atoms with E-state index in [2.05, 4.69) is 4.98 Å². The van der Waals surface area contributed by atoms with Crippen LogP contribution in [0.25, 0.3) is 22.1 Å². The lowest BCUT2D eigenvalue weighted by Gasteiger charge is -2.18. The van der Waals surface area contributed by atoms with Gasteiger partial charge in [0.2, 0.25) is 5.75 Å². The highest BCUT2D eigenvalue weighted by molar-refractivity contribution is 6.36. The lowest BCUT2D eigenvalue weighted by atomic mass is 10.0. The third-order valence-electron chi connectivity index (χ3n) is 4.83. The predicted octanol–water partition coefficient (Wildman–Crippen LogP) is 6.16. The molecular weight excluding hydrogens is 430 g/mol. The van der Waals surface area contributed by atoms with Crippen LogP contribution in [-0.4, -0.2) is 10.1 Å². The zero-order chi connectivity index (χ0) is 21.4. The maximum absolute atomic E-state index is 13.9. The fourth-order valence-electron chi connectivity index (χ4n) is 3.26. The van der Waals surface area contributed by atoms with E-state index in [9.17, 15) is 9.50 Å². The number of fused-ring (bicyclic) bond motifs is 1. The zero-order valence-corrected chi connectivity index (χ0v) is 17.3. The van der Waals surface area contributed by atoms with Crippen LogP contribution < -0.4 is 10.5 Å². The fourth-order valence-corrected chi connectivity index (χ4v) is 3.94. The van der Waals surface area contributed by atoms with Gasteiger partial charge in [-0.05, 0) is 30.2 Å². The average Bonchev–Trinajstić information content (AvgIpc) is 3.17. The van der Waals surface area contributed by atoms with E-state index in [1.165, 1.54) is 12.1 Å². The summed E-state index contributed by atoms with van der Waals surface area (Å²) < 4.78 is 25.7. The molecule has 0 aliphatic rings. The van der Waals surface area contributed by atoms with Crippen molar-refractivity contribution in [3.63, 3.8) is 0 Å². The number of benzene rings is 2. The van der Waals surface area contributed by atoms with Crippen molar-refractivity contribution in [2.75, 3.05) is 5.73 Å². The van der Waals surface area contributed by atoms with Gasteiger partial charge in [-0.3, -0.25) is 0 Å². The van der Waals surface area contributed by atoms with Crippen LogP contribution in [0.2, 0.25) is 10.0 Å². The average molecular weight is 447 g/mol. The first-order valence-corrected chi connectivity index (χ1v) is 9.82. The summed E-state index contributed by atoms with van der Waals surface area (Å²) in [5, 5.41) is 10.1. The molecule has 0 aliphatic heterocycles. The van der Waals surface area contributed by atoms with Crippen LogP contribution in [0.5, 0.6) is 5.75 Å². The second kappa shape index (κ2) is 8.14. The summed E-state index contributed by atoms with van der Waals surface area (Å²) in [6.07, 6.45) is 2.47. The molecule has 0 unspecified atom stereocenters. The van der Waals surface area contributed by atoms with Crippen molar-refractivity contribution in [3.05, 3.63) is 75.8 Å². The lowest BCUT2D eigenvalue weighted by Crippen LogP contribution is -2.08. The number of nitrogen functional groups attached to an aromatic ring is 1. The van der Waals surface area contributed by atoms with Crippen molar-refractivity contribution >= 4 is 40.0 Å². The van der Waals surface area contributed by atoms with Crippen LogP contribution in [0.4, 0.5) is 10.2 Å². The van der Waals surface area contributed by atoms with E-state index in [-0.39, 0.29) is 28.2 Å². The highest BCUT2D eigenvalue weighted by Gasteiger charge is 2.23. The third-order valence-corrected chi connectivity index (χ3v) is 5.54. The van der Waals surface area contributed by atoms with Crippen LogP contribution in [0, 0.1) is 5.82 Å². The van der Waals surface area contributed by atoms with Gasteiger partial charge in [0.25, 0.3) is 0 Å². The van der Waals surface area contributed by atoms with E-state index in [0.717, 1.165) is 16.7 Å². The van der Waals surface area contributed by atoms with Gasteiger partial charge in [0.05, 0.1) is 23.3 Å². The van der Waals surface area contributed by atoms with Crippen LogP contribution in [0.1, 0.15) is 24.2 Å². The molecule has 154 valence electrons. The lowest BCUT2D eigenvalue weighted by molar-refractivity contribution is 0.227. The number of ether oxygens (including phenoxy) is 1. The number of aliphatic hydroxyl groups excluding tert-OH is 1. The molecule has 30 heavy (non-hydrogen) atoms. The first-order chi connectivity index (χ1) is 14.4. The number of pyridine rings is 1. The number of halogens is 3. The van der Waals surface area contributed by atoms with Gasteiger partial charge in [-0.1, -0.05) is 47.5 Å². The summed E-state index contributed by atoms with van der Waals surface area (Å²) in [5.41, 5.74) is 9.23. The minimum absolute atomic E-state index is 0.0361. The first kappa shape index (κ1) is 20.5. The van der Waals surface area contributed by atoms with Crippen LogP contribution in [0.3, 0.4) is 0 Å². The molecule has 3 N–H and O–H groups in total. The summed E-state index contributed by atoms with van der Waals surface area (Å²) >= 11 is 12.3. The molecule has 0 fully saturated rings. The number of anilines is 1. The number of hydrogen-bond donors (Lipinski definition) is 2. The molecule has 4 rings (SSSR count). The Morgan fingerprint density at radius 3 is 2.63 bits per heavy atom. The predicted molar refractivity (Wildman–Crippen MR) is 115 cm³/mol. The first-order valence-electron chi connectivity index (χ1n) is 9.06. The second-order valence-corrected chi connectivity index (χ2v) is 7.52. The Morgan fingerprint density at radius 1 is 1.20 bits per heavy atom. The Morgan fingerprint density at radius 2 is 1.93 bits per heavy atom. The standard InChI is InChI=1S/C22H17Cl2FN2O3/c1-11(18-16(23)6-7-17(25)19(18)24)30-21-20-14(8-27-22(21)26)15(10-29-20)13-4-2-12(9-28)3-5-13/h2-8,10-11,28H,9H2,1H3,(H2,26,27)/t11-/m1/s1. The number of furan rings is 1. The number of rotatable bonds is 5. The van der Waals surface area contributed by atoms with E-state index in [0.29, 0.717) is 16.5 Å². The Labute approximate surface area is 181 Å². The van der Waals surface area contributed by atoms with Gasteiger partial charge >= 0.3 is 0 Å². The van der Waals surface area contributed by atoms with Gasteiger partial charge in [-0.2, -0.15) is 0 Å². The van der Waals surface area contributed by atoms with Crippen molar-refractivity contribution in [1.82, 2.24) is 4.98 Å². The smallest absolute Gasteiger partial charge is 0.205 e. The largest absolute Gasteiger partial charge is 0.478 e. The molecule has 0 aliphatic carbocycles. The van der Waals surface area contributed by atoms with E-state index in [1.807, 2.05) is 24.3 Å². The Balaban J connectivity index is 1.76. The number of nitrogens with zero attached hydrogens (tertiary/aromatic N) is 1. The topological polar surface area (TPSA) is 81.5 Å². The molecule has 5 nitrogen and oxygen atoms in total. The summed E-state index contributed by atoms with van der Waals surface area (Å²) in [4.78, 5) is 4.22. The minimum Gasteiger partial charge on any atom is -0.478 e. The summed E-state index contributed by atoms with van der Waals surface area (Å²) in [7, 11) is 0. The van der Waals surface area contributed by atoms with Crippen LogP contribution >= 0.6 is 23.2 Å². The summed E-state index contributed by atoms with van der Waals surface area (Å²) in [6.45, 7) is 1.65.